The molecule has 0 spiro atoms. The number of piperidine rings is 1. The van der Waals surface area contributed by atoms with E-state index >= 15 is 0 Å². The van der Waals surface area contributed by atoms with E-state index in [1.807, 2.05) is 72.8 Å². The molecule has 2 bridgehead atoms. The molecular weight excluding hydrogens is 550 g/mol. The Kier molecular flexibility index (Phi) is 7.34. The summed E-state index contributed by atoms with van der Waals surface area (Å²) in [5.41, 5.74) is 3.73. The van der Waals surface area contributed by atoms with Crippen molar-refractivity contribution in [1.29, 1.82) is 0 Å². The monoisotopic (exact) mass is 581 g/mol. The van der Waals surface area contributed by atoms with E-state index in [0.717, 1.165) is 71.1 Å². The summed E-state index contributed by atoms with van der Waals surface area (Å²) in [6.07, 6.45) is 5.57. The predicted octanol–water partition coefficient (Wildman–Crippen LogP) is 6.39. The van der Waals surface area contributed by atoms with Crippen molar-refractivity contribution in [3.05, 3.63) is 90.1 Å². The van der Waals surface area contributed by atoms with Crippen LogP contribution in [0.15, 0.2) is 84.1 Å². The molecule has 3 aromatic carbocycles. The van der Waals surface area contributed by atoms with Crippen LogP contribution in [0, 0.1) is 0 Å². The maximum Gasteiger partial charge on any atom is 0.254 e. The highest BCUT2D eigenvalue weighted by atomic mass is 32.2. The molecule has 2 unspecified atom stereocenters. The van der Waals surface area contributed by atoms with E-state index in [0.29, 0.717) is 10.9 Å². The number of nitrogens with zero attached hydrogens (tertiary/aromatic N) is 3. The van der Waals surface area contributed by atoms with Gasteiger partial charge in [-0.2, -0.15) is 0 Å². The fourth-order valence-electron chi connectivity index (χ4n) is 6.07. The lowest BCUT2D eigenvalue weighted by molar-refractivity contribution is 0.0358. The molecule has 1 aromatic heterocycles. The number of carbonyl (C=O) groups is 1. The summed E-state index contributed by atoms with van der Waals surface area (Å²) in [4.78, 5) is 24.8. The zero-order valence-electron chi connectivity index (χ0n) is 23.3. The molecule has 3 aliphatic heterocycles. The minimum absolute atomic E-state index is 0.0803. The number of fused-ring (bicyclic) bond motifs is 3. The third-order valence-electron chi connectivity index (χ3n) is 8.16. The van der Waals surface area contributed by atoms with E-state index < -0.39 is 0 Å². The molecule has 42 heavy (non-hydrogen) atoms. The van der Waals surface area contributed by atoms with Gasteiger partial charge in [0.1, 0.15) is 17.6 Å². The molecule has 4 aromatic rings. The van der Waals surface area contributed by atoms with Gasteiger partial charge in [0.25, 0.3) is 5.91 Å². The first-order valence-electron chi connectivity index (χ1n) is 14.2. The van der Waals surface area contributed by atoms with Gasteiger partial charge in [0.2, 0.25) is 6.79 Å². The first-order chi connectivity index (χ1) is 20.6. The van der Waals surface area contributed by atoms with Crippen LogP contribution >= 0.6 is 11.8 Å². The third kappa shape index (κ3) is 5.48. The molecule has 0 radical (unpaired) electrons. The highest BCUT2D eigenvalue weighted by molar-refractivity contribution is 7.98. The number of ether oxygens (including phenoxy) is 4. The molecule has 1 amide bonds. The SMILES string of the molecule is COc1ccc(-c2ccnc(SCc3ccc(C(=O)N4C5CCC4CC(Oc4ccc6c(c4)OCO6)C5)cc3)n2)cc1. The number of carbonyl (C=O) groups excluding carboxylic acids is 1. The molecule has 2 fully saturated rings. The van der Waals surface area contributed by atoms with Crippen molar-refractivity contribution in [2.75, 3.05) is 13.9 Å². The van der Waals surface area contributed by atoms with Gasteiger partial charge in [0.15, 0.2) is 16.7 Å². The molecular formula is C33H31N3O5S. The number of methoxy groups -OCH3 is 1. The van der Waals surface area contributed by atoms with Crippen molar-refractivity contribution in [3.63, 3.8) is 0 Å². The van der Waals surface area contributed by atoms with Gasteiger partial charge in [0.05, 0.1) is 12.8 Å². The molecule has 0 N–H and O–H groups in total. The minimum Gasteiger partial charge on any atom is -0.497 e. The maximum absolute atomic E-state index is 13.6. The number of rotatable bonds is 8. The second-order valence-electron chi connectivity index (χ2n) is 10.8. The van der Waals surface area contributed by atoms with Gasteiger partial charge in [-0.3, -0.25) is 4.79 Å². The summed E-state index contributed by atoms with van der Waals surface area (Å²) in [5.74, 6) is 3.90. The van der Waals surface area contributed by atoms with Crippen molar-refractivity contribution in [2.45, 2.75) is 54.8 Å². The van der Waals surface area contributed by atoms with Crippen LogP contribution in [-0.2, 0) is 5.75 Å². The maximum atomic E-state index is 13.6. The van der Waals surface area contributed by atoms with Gasteiger partial charge in [-0.15, -0.1) is 0 Å². The Morgan fingerprint density at radius 2 is 1.67 bits per heavy atom. The van der Waals surface area contributed by atoms with E-state index in [1.165, 1.54) is 0 Å². The normalized spacial score (nSPS) is 20.4. The van der Waals surface area contributed by atoms with Crippen LogP contribution in [0.2, 0.25) is 0 Å². The molecule has 214 valence electrons. The number of thioether (sulfide) groups is 1. The van der Waals surface area contributed by atoms with Crippen LogP contribution in [-0.4, -0.2) is 52.9 Å². The first-order valence-corrected chi connectivity index (χ1v) is 15.2. The van der Waals surface area contributed by atoms with Gasteiger partial charge in [-0.1, -0.05) is 23.9 Å². The standard InChI is InChI=1S/C33H31N3O5S/c1-38-26-10-6-22(7-11-26)29-14-15-34-33(35-29)42-19-21-2-4-23(5-3-21)32(37)36-24-8-9-25(36)17-28(16-24)41-27-12-13-30-31(18-27)40-20-39-30/h2-7,10-15,18,24-25,28H,8-9,16-17,19-20H2,1H3. The summed E-state index contributed by atoms with van der Waals surface area (Å²) in [7, 11) is 1.66. The molecule has 3 aliphatic rings. The molecule has 0 aliphatic carbocycles. The highest BCUT2D eigenvalue weighted by Crippen LogP contribution is 2.40. The molecule has 4 heterocycles. The number of hydrogen-bond acceptors (Lipinski definition) is 8. The second kappa shape index (κ2) is 11.6. The third-order valence-corrected chi connectivity index (χ3v) is 9.09. The Hall–Kier alpha value is -4.24. The highest BCUT2D eigenvalue weighted by Gasteiger charge is 2.44. The van der Waals surface area contributed by atoms with Crippen molar-refractivity contribution >= 4 is 17.7 Å². The number of benzene rings is 3. The van der Waals surface area contributed by atoms with Gasteiger partial charge in [0, 0.05) is 54.1 Å². The van der Waals surface area contributed by atoms with Crippen LogP contribution in [0.3, 0.4) is 0 Å². The average molecular weight is 582 g/mol. The zero-order chi connectivity index (χ0) is 28.5. The van der Waals surface area contributed by atoms with E-state index in [9.17, 15) is 4.79 Å². The van der Waals surface area contributed by atoms with E-state index in [1.54, 1.807) is 25.1 Å². The molecule has 8 nitrogen and oxygen atoms in total. The second-order valence-corrected chi connectivity index (χ2v) is 11.7. The largest absolute Gasteiger partial charge is 0.497 e. The zero-order valence-corrected chi connectivity index (χ0v) is 24.1. The lowest BCUT2D eigenvalue weighted by Gasteiger charge is -2.39. The van der Waals surface area contributed by atoms with Crippen LogP contribution < -0.4 is 18.9 Å². The summed E-state index contributed by atoms with van der Waals surface area (Å²) in [5, 5.41) is 0.714. The smallest absolute Gasteiger partial charge is 0.254 e. The summed E-state index contributed by atoms with van der Waals surface area (Å²) in [6, 6.07) is 23.8. The van der Waals surface area contributed by atoms with Crippen LogP contribution in [0.1, 0.15) is 41.6 Å². The number of amides is 1. The van der Waals surface area contributed by atoms with E-state index in [4.69, 9.17) is 23.9 Å². The van der Waals surface area contributed by atoms with E-state index in [-0.39, 0.29) is 30.9 Å². The van der Waals surface area contributed by atoms with Crippen LogP contribution in [0.25, 0.3) is 11.3 Å². The summed E-state index contributed by atoms with van der Waals surface area (Å²) >= 11 is 1.58. The molecule has 7 rings (SSSR count). The number of aromatic nitrogens is 2. The molecule has 2 saturated heterocycles. The van der Waals surface area contributed by atoms with Crippen molar-refractivity contribution in [1.82, 2.24) is 14.9 Å². The van der Waals surface area contributed by atoms with Crippen LogP contribution in [0.5, 0.6) is 23.0 Å². The summed E-state index contributed by atoms with van der Waals surface area (Å²) in [6.45, 7) is 0.247. The fraction of sp³-hybridized carbons (Fsp3) is 0.303. The Labute approximate surface area is 249 Å². The van der Waals surface area contributed by atoms with Gasteiger partial charge in [-0.05, 0) is 73.0 Å². The van der Waals surface area contributed by atoms with Gasteiger partial charge >= 0.3 is 0 Å². The first kappa shape index (κ1) is 26.6. The van der Waals surface area contributed by atoms with Crippen molar-refractivity contribution in [2.24, 2.45) is 0 Å². The van der Waals surface area contributed by atoms with Crippen molar-refractivity contribution in [3.8, 4) is 34.3 Å². The average Bonchev–Trinajstić information content (AvgIpc) is 3.61. The Bertz CT molecular complexity index is 1570. The van der Waals surface area contributed by atoms with Gasteiger partial charge in [-0.25, -0.2) is 9.97 Å². The summed E-state index contributed by atoms with van der Waals surface area (Å²) < 4.78 is 22.5. The Morgan fingerprint density at radius 3 is 2.43 bits per heavy atom. The Morgan fingerprint density at radius 1 is 0.929 bits per heavy atom. The Balaban J connectivity index is 0.953. The molecule has 0 saturated carbocycles. The minimum atomic E-state index is 0.0803. The number of hydrogen-bond donors (Lipinski definition) is 0. The lowest BCUT2D eigenvalue weighted by atomic mass is 9.98. The topological polar surface area (TPSA) is 83.0 Å². The van der Waals surface area contributed by atoms with E-state index in [2.05, 4.69) is 9.88 Å². The van der Waals surface area contributed by atoms with Crippen molar-refractivity contribution < 1.29 is 23.7 Å². The lowest BCUT2D eigenvalue weighted by Crippen LogP contribution is -2.49. The molecule has 2 atom stereocenters. The van der Waals surface area contributed by atoms with Gasteiger partial charge < -0.3 is 23.8 Å². The predicted molar refractivity (Wildman–Crippen MR) is 159 cm³/mol. The molecule has 9 heteroatoms. The fourth-order valence-corrected chi connectivity index (χ4v) is 6.86. The van der Waals surface area contributed by atoms with Crippen LogP contribution in [0.4, 0.5) is 0 Å². The quantitative estimate of drug-likeness (QED) is 0.175.